The quantitative estimate of drug-likeness (QED) is 0.543. The fourth-order valence-electron chi connectivity index (χ4n) is 2.42. The summed E-state index contributed by atoms with van der Waals surface area (Å²) in [7, 11) is 3.41. The molecule has 0 aromatic rings. The third-order valence-corrected chi connectivity index (χ3v) is 3.67. The monoisotopic (exact) mass is 267 g/mol. The average molecular weight is 267 g/mol. The lowest BCUT2D eigenvalue weighted by molar-refractivity contribution is -0.135. The number of nitrogens with zero attached hydrogens (tertiary/aromatic N) is 2. The highest BCUT2D eigenvalue weighted by molar-refractivity contribution is 5.85. The number of carbonyl (C=O) groups excluding carboxylic acids is 2. The normalized spacial score (nSPS) is 26.3. The lowest BCUT2D eigenvalue weighted by Gasteiger charge is -2.33. The van der Waals surface area contributed by atoms with E-state index in [0.717, 1.165) is 44.7 Å². The Kier molecular flexibility index (Phi) is 4.42. The van der Waals surface area contributed by atoms with Gasteiger partial charge in [0.1, 0.15) is 6.04 Å². The van der Waals surface area contributed by atoms with E-state index < -0.39 is 0 Å². The van der Waals surface area contributed by atoms with E-state index in [1.807, 2.05) is 4.90 Å². The summed E-state index contributed by atoms with van der Waals surface area (Å²) in [5.74, 6) is -0.239. The molecular weight excluding hydrogens is 246 g/mol. The summed E-state index contributed by atoms with van der Waals surface area (Å²) >= 11 is 0. The highest BCUT2D eigenvalue weighted by Crippen LogP contribution is 2.18. The van der Waals surface area contributed by atoms with Crippen LogP contribution in [0.2, 0.25) is 0 Å². The minimum absolute atomic E-state index is 0.140. The second-order valence-corrected chi connectivity index (χ2v) is 5.06. The summed E-state index contributed by atoms with van der Waals surface area (Å²) in [6, 6.07) is -0.195. The Morgan fingerprint density at radius 1 is 1.32 bits per heavy atom. The molecule has 106 valence electrons. The van der Waals surface area contributed by atoms with Gasteiger partial charge in [-0.2, -0.15) is 0 Å². The van der Waals surface area contributed by atoms with Gasteiger partial charge >= 0.3 is 5.97 Å². The smallest absolute Gasteiger partial charge is 0.332 e. The lowest BCUT2D eigenvalue weighted by Crippen LogP contribution is -2.51. The van der Waals surface area contributed by atoms with E-state index in [-0.39, 0.29) is 17.9 Å². The van der Waals surface area contributed by atoms with E-state index in [1.165, 1.54) is 13.2 Å². The zero-order valence-corrected chi connectivity index (χ0v) is 11.5. The first-order chi connectivity index (χ1) is 9.10. The molecular formula is C13H21N3O3. The van der Waals surface area contributed by atoms with Crippen LogP contribution in [0.25, 0.3) is 0 Å². The number of methoxy groups -OCH3 is 1. The average Bonchev–Trinajstić information content (AvgIpc) is 2.87. The molecule has 2 heterocycles. The highest BCUT2D eigenvalue weighted by Gasteiger charge is 2.30. The van der Waals surface area contributed by atoms with E-state index in [2.05, 4.69) is 22.0 Å². The Morgan fingerprint density at radius 3 is 2.63 bits per heavy atom. The van der Waals surface area contributed by atoms with Crippen molar-refractivity contribution in [3.63, 3.8) is 0 Å². The number of likely N-dealkylation sites (N-methyl/N-ethyl adjacent to an activating group) is 1. The Balaban J connectivity index is 1.88. The molecule has 1 atom stereocenters. The number of allylic oxidation sites excluding steroid dienone is 1. The maximum atomic E-state index is 12.3. The third-order valence-electron chi connectivity index (χ3n) is 3.67. The van der Waals surface area contributed by atoms with Gasteiger partial charge in [-0.05, 0) is 19.9 Å². The molecule has 6 heteroatoms. The van der Waals surface area contributed by atoms with E-state index in [9.17, 15) is 9.59 Å². The van der Waals surface area contributed by atoms with Crippen LogP contribution in [0.3, 0.4) is 0 Å². The minimum atomic E-state index is -0.379. The van der Waals surface area contributed by atoms with Crippen molar-refractivity contribution in [2.45, 2.75) is 18.9 Å². The van der Waals surface area contributed by atoms with Crippen molar-refractivity contribution in [1.29, 1.82) is 0 Å². The summed E-state index contributed by atoms with van der Waals surface area (Å²) in [5, 5.41) is 3.12. The summed E-state index contributed by atoms with van der Waals surface area (Å²) in [5.41, 5.74) is 0.791. The van der Waals surface area contributed by atoms with Gasteiger partial charge < -0.3 is 19.9 Å². The molecule has 0 saturated carbocycles. The molecule has 6 nitrogen and oxygen atoms in total. The number of hydrogen-bond acceptors (Lipinski definition) is 5. The highest BCUT2D eigenvalue weighted by atomic mass is 16.5. The van der Waals surface area contributed by atoms with Gasteiger partial charge in [0.25, 0.3) is 0 Å². The molecule has 1 amide bonds. The Morgan fingerprint density at radius 2 is 2.00 bits per heavy atom. The fourth-order valence-corrected chi connectivity index (χ4v) is 2.42. The summed E-state index contributed by atoms with van der Waals surface area (Å²) in [6.07, 6.45) is 2.89. The van der Waals surface area contributed by atoms with Gasteiger partial charge in [-0.25, -0.2) is 4.79 Å². The number of hydrogen-bond donors (Lipinski definition) is 1. The van der Waals surface area contributed by atoms with Crippen LogP contribution in [-0.4, -0.2) is 68.1 Å². The third kappa shape index (κ3) is 3.47. The van der Waals surface area contributed by atoms with Crippen LogP contribution in [0.1, 0.15) is 12.8 Å². The SMILES string of the molecule is COC(=O)/C=C1/CCC(C(=O)N2CCN(C)CC2)N1. The van der Waals surface area contributed by atoms with E-state index in [0.29, 0.717) is 0 Å². The molecule has 2 aliphatic rings. The van der Waals surface area contributed by atoms with Crippen molar-refractivity contribution in [2.24, 2.45) is 0 Å². The van der Waals surface area contributed by atoms with Crippen molar-refractivity contribution in [1.82, 2.24) is 15.1 Å². The van der Waals surface area contributed by atoms with Gasteiger partial charge in [0, 0.05) is 38.0 Å². The van der Waals surface area contributed by atoms with Crippen LogP contribution in [0.5, 0.6) is 0 Å². The fraction of sp³-hybridized carbons (Fsp3) is 0.692. The summed E-state index contributed by atoms with van der Waals surface area (Å²) in [6.45, 7) is 3.40. The van der Waals surface area contributed by atoms with Crippen LogP contribution in [0, 0.1) is 0 Å². The van der Waals surface area contributed by atoms with Crippen molar-refractivity contribution < 1.29 is 14.3 Å². The molecule has 0 spiro atoms. The predicted molar refractivity (Wildman–Crippen MR) is 70.3 cm³/mol. The van der Waals surface area contributed by atoms with Crippen LogP contribution >= 0.6 is 0 Å². The van der Waals surface area contributed by atoms with E-state index in [4.69, 9.17) is 0 Å². The van der Waals surface area contributed by atoms with Gasteiger partial charge in [-0.15, -0.1) is 0 Å². The second-order valence-electron chi connectivity index (χ2n) is 5.06. The number of rotatable bonds is 2. The Hall–Kier alpha value is -1.56. The molecule has 1 unspecified atom stereocenters. The first kappa shape index (κ1) is 13.9. The van der Waals surface area contributed by atoms with Crippen LogP contribution < -0.4 is 5.32 Å². The predicted octanol–water partition coefficient (Wildman–Crippen LogP) is -0.431. The standard InChI is InChI=1S/C13H21N3O3/c1-15-5-7-16(8-6-15)13(18)11-4-3-10(14-11)9-12(17)19-2/h9,11,14H,3-8H2,1-2H3/b10-9-. The molecule has 1 N–H and O–H groups in total. The van der Waals surface area contributed by atoms with Gasteiger partial charge in [0.2, 0.25) is 5.91 Å². The van der Waals surface area contributed by atoms with Crippen molar-refractivity contribution >= 4 is 11.9 Å². The first-order valence-electron chi connectivity index (χ1n) is 6.62. The van der Waals surface area contributed by atoms with Crippen LogP contribution in [0.4, 0.5) is 0 Å². The molecule has 0 bridgehead atoms. The molecule has 0 aromatic heterocycles. The van der Waals surface area contributed by atoms with E-state index in [1.54, 1.807) is 0 Å². The molecule has 2 aliphatic heterocycles. The topological polar surface area (TPSA) is 61.9 Å². The molecule has 0 aliphatic carbocycles. The summed E-state index contributed by atoms with van der Waals surface area (Å²) in [4.78, 5) is 27.6. The number of ether oxygens (including phenoxy) is 1. The molecule has 19 heavy (non-hydrogen) atoms. The number of esters is 1. The lowest BCUT2D eigenvalue weighted by atomic mass is 10.2. The Labute approximate surface area is 113 Å². The van der Waals surface area contributed by atoms with Gasteiger partial charge in [0.05, 0.1) is 7.11 Å². The minimum Gasteiger partial charge on any atom is -0.466 e. The first-order valence-corrected chi connectivity index (χ1v) is 6.62. The van der Waals surface area contributed by atoms with Crippen molar-refractivity contribution in [3.05, 3.63) is 11.8 Å². The number of nitrogens with one attached hydrogen (secondary N) is 1. The van der Waals surface area contributed by atoms with Crippen molar-refractivity contribution in [3.8, 4) is 0 Å². The second kappa shape index (κ2) is 6.06. The largest absolute Gasteiger partial charge is 0.466 e. The van der Waals surface area contributed by atoms with Gasteiger partial charge in [-0.3, -0.25) is 4.79 Å². The molecule has 0 radical (unpaired) electrons. The molecule has 2 saturated heterocycles. The number of amides is 1. The maximum Gasteiger partial charge on any atom is 0.332 e. The van der Waals surface area contributed by atoms with Gasteiger partial charge in [0.15, 0.2) is 0 Å². The van der Waals surface area contributed by atoms with Gasteiger partial charge in [-0.1, -0.05) is 0 Å². The van der Waals surface area contributed by atoms with Crippen molar-refractivity contribution in [2.75, 3.05) is 40.3 Å². The molecule has 2 fully saturated rings. The molecule has 2 rings (SSSR count). The number of carbonyl (C=O) groups is 2. The van der Waals surface area contributed by atoms with Crippen LogP contribution in [-0.2, 0) is 14.3 Å². The zero-order chi connectivity index (χ0) is 13.8. The number of piperazine rings is 1. The zero-order valence-electron chi connectivity index (χ0n) is 11.5. The van der Waals surface area contributed by atoms with E-state index >= 15 is 0 Å². The maximum absolute atomic E-state index is 12.3. The summed E-state index contributed by atoms with van der Waals surface area (Å²) < 4.78 is 4.58. The Bertz CT molecular complexity index is 387. The molecule has 0 aromatic carbocycles. The van der Waals surface area contributed by atoms with Crippen LogP contribution in [0.15, 0.2) is 11.8 Å².